The molecule has 0 bridgehead atoms. The van der Waals surface area contributed by atoms with Gasteiger partial charge in [-0.3, -0.25) is 9.59 Å². The number of anilines is 2. The minimum atomic E-state index is -0.155. The van der Waals surface area contributed by atoms with Crippen molar-refractivity contribution in [2.24, 2.45) is 0 Å². The van der Waals surface area contributed by atoms with E-state index in [2.05, 4.69) is 15.3 Å². The van der Waals surface area contributed by atoms with Gasteiger partial charge in [0.25, 0.3) is 11.8 Å². The number of benzene rings is 1. The molecule has 8 heteroatoms. The average molecular weight is 391 g/mol. The Labute approximate surface area is 168 Å². The number of hydrogen-bond donors (Lipinski definition) is 1. The summed E-state index contributed by atoms with van der Waals surface area (Å²) in [6, 6.07) is 11.2. The second-order valence-corrected chi connectivity index (χ2v) is 6.80. The van der Waals surface area contributed by atoms with Crippen molar-refractivity contribution in [1.29, 1.82) is 0 Å². The second kappa shape index (κ2) is 8.14. The molecule has 2 aromatic heterocycles. The third-order valence-corrected chi connectivity index (χ3v) is 4.88. The number of carbonyl (C=O) groups excluding carboxylic acids is 2. The van der Waals surface area contributed by atoms with Crippen molar-refractivity contribution in [1.82, 2.24) is 19.8 Å². The number of nitrogens with zero attached hydrogens (tertiary/aromatic N) is 4. The first kappa shape index (κ1) is 18.7. The van der Waals surface area contributed by atoms with Crippen LogP contribution in [-0.2, 0) is 0 Å². The average Bonchev–Trinajstić information content (AvgIpc) is 3.30. The summed E-state index contributed by atoms with van der Waals surface area (Å²) in [4.78, 5) is 37.0. The summed E-state index contributed by atoms with van der Waals surface area (Å²) in [7, 11) is 0. The molecule has 0 radical (unpaired) electrons. The first-order valence-corrected chi connectivity index (χ1v) is 9.38. The van der Waals surface area contributed by atoms with Crippen molar-refractivity contribution in [3.63, 3.8) is 0 Å². The molecule has 3 heterocycles. The van der Waals surface area contributed by atoms with Crippen LogP contribution in [0.25, 0.3) is 0 Å². The number of nitrogens with one attached hydrogen (secondary N) is 1. The summed E-state index contributed by atoms with van der Waals surface area (Å²) in [6.45, 7) is 3.82. The molecule has 0 aliphatic carbocycles. The van der Waals surface area contributed by atoms with Gasteiger partial charge < -0.3 is 19.5 Å². The van der Waals surface area contributed by atoms with Crippen LogP contribution in [0.4, 0.5) is 11.6 Å². The van der Waals surface area contributed by atoms with E-state index in [1.54, 1.807) is 21.9 Å². The van der Waals surface area contributed by atoms with Gasteiger partial charge in [-0.2, -0.15) is 0 Å². The van der Waals surface area contributed by atoms with Crippen LogP contribution in [0, 0.1) is 6.92 Å². The molecule has 4 rings (SSSR count). The van der Waals surface area contributed by atoms with E-state index in [0.29, 0.717) is 43.5 Å². The largest absolute Gasteiger partial charge is 0.459 e. The molecule has 1 fully saturated rings. The Hall–Kier alpha value is -3.68. The Morgan fingerprint density at radius 2 is 1.59 bits per heavy atom. The van der Waals surface area contributed by atoms with Gasteiger partial charge in [-0.1, -0.05) is 18.2 Å². The van der Waals surface area contributed by atoms with Crippen molar-refractivity contribution in [3.8, 4) is 0 Å². The minimum Gasteiger partial charge on any atom is -0.459 e. The number of piperazine rings is 1. The third kappa shape index (κ3) is 4.11. The Kier molecular flexibility index (Phi) is 5.24. The van der Waals surface area contributed by atoms with Crippen molar-refractivity contribution < 1.29 is 14.0 Å². The molecule has 1 aromatic carbocycles. The van der Waals surface area contributed by atoms with Gasteiger partial charge in [-0.15, -0.1) is 0 Å². The van der Waals surface area contributed by atoms with Crippen LogP contribution in [0.3, 0.4) is 0 Å². The van der Waals surface area contributed by atoms with Gasteiger partial charge >= 0.3 is 0 Å². The summed E-state index contributed by atoms with van der Waals surface area (Å²) in [5.41, 5.74) is 2.42. The first-order chi connectivity index (χ1) is 14.1. The van der Waals surface area contributed by atoms with Gasteiger partial charge in [0.2, 0.25) is 5.95 Å². The highest BCUT2D eigenvalue weighted by atomic mass is 16.3. The lowest BCUT2D eigenvalue weighted by Gasteiger charge is -2.34. The van der Waals surface area contributed by atoms with Gasteiger partial charge in [-0.25, -0.2) is 9.97 Å². The predicted molar refractivity (Wildman–Crippen MR) is 107 cm³/mol. The van der Waals surface area contributed by atoms with Crippen molar-refractivity contribution in [2.75, 3.05) is 31.5 Å². The molecule has 1 N–H and O–H groups in total. The van der Waals surface area contributed by atoms with Gasteiger partial charge in [-0.05, 0) is 30.7 Å². The number of amides is 2. The van der Waals surface area contributed by atoms with E-state index in [0.717, 1.165) is 11.3 Å². The topological polar surface area (TPSA) is 91.6 Å². The summed E-state index contributed by atoms with van der Waals surface area (Å²) < 4.78 is 5.16. The molecule has 1 aliphatic heterocycles. The smallest absolute Gasteiger partial charge is 0.289 e. The lowest BCUT2D eigenvalue weighted by molar-refractivity contribution is 0.0517. The maximum absolute atomic E-state index is 12.7. The minimum absolute atomic E-state index is 0.141. The van der Waals surface area contributed by atoms with E-state index in [-0.39, 0.29) is 11.8 Å². The van der Waals surface area contributed by atoms with E-state index in [4.69, 9.17) is 4.42 Å². The van der Waals surface area contributed by atoms with E-state index < -0.39 is 0 Å². The maximum atomic E-state index is 12.7. The van der Waals surface area contributed by atoms with E-state index in [1.165, 1.54) is 18.7 Å². The Morgan fingerprint density at radius 1 is 0.931 bits per heavy atom. The quantitative estimate of drug-likeness (QED) is 0.735. The normalized spacial score (nSPS) is 14.0. The van der Waals surface area contributed by atoms with Crippen LogP contribution >= 0.6 is 0 Å². The highest BCUT2D eigenvalue weighted by Crippen LogP contribution is 2.17. The summed E-state index contributed by atoms with van der Waals surface area (Å²) >= 11 is 0. The predicted octanol–water partition coefficient (Wildman–Crippen LogP) is 2.72. The maximum Gasteiger partial charge on any atom is 0.289 e. The lowest BCUT2D eigenvalue weighted by atomic mass is 10.2. The number of aryl methyl sites for hydroxylation is 1. The fraction of sp³-hybridized carbons (Fsp3) is 0.238. The summed E-state index contributed by atoms with van der Waals surface area (Å²) in [6.07, 6.45) is 4.53. The molecular weight excluding hydrogens is 370 g/mol. The molecule has 0 unspecified atom stereocenters. The number of hydrogen-bond acceptors (Lipinski definition) is 6. The second-order valence-electron chi connectivity index (χ2n) is 6.80. The Morgan fingerprint density at radius 3 is 2.21 bits per heavy atom. The lowest BCUT2D eigenvalue weighted by Crippen LogP contribution is -2.50. The van der Waals surface area contributed by atoms with Crippen molar-refractivity contribution in [3.05, 3.63) is 71.9 Å². The van der Waals surface area contributed by atoms with Gasteiger partial charge in [0.1, 0.15) is 0 Å². The zero-order valence-corrected chi connectivity index (χ0v) is 16.0. The number of furan rings is 1. The number of rotatable bonds is 4. The van der Waals surface area contributed by atoms with Crippen LogP contribution in [0.5, 0.6) is 0 Å². The van der Waals surface area contributed by atoms with Gasteiger partial charge in [0.15, 0.2) is 5.76 Å². The fourth-order valence-electron chi connectivity index (χ4n) is 3.19. The van der Waals surface area contributed by atoms with Crippen LogP contribution < -0.4 is 5.32 Å². The molecule has 3 aromatic rings. The number of carbonyl (C=O) groups is 2. The highest BCUT2D eigenvalue weighted by Gasteiger charge is 2.26. The van der Waals surface area contributed by atoms with E-state index in [1.807, 2.05) is 31.2 Å². The number of para-hydroxylation sites is 1. The molecule has 8 nitrogen and oxygen atoms in total. The van der Waals surface area contributed by atoms with E-state index in [9.17, 15) is 9.59 Å². The first-order valence-electron chi connectivity index (χ1n) is 9.38. The van der Waals surface area contributed by atoms with Crippen LogP contribution in [0.1, 0.15) is 26.5 Å². The molecule has 2 amide bonds. The van der Waals surface area contributed by atoms with Gasteiger partial charge in [0.05, 0.1) is 11.8 Å². The van der Waals surface area contributed by atoms with Crippen LogP contribution in [-0.4, -0.2) is 57.8 Å². The molecule has 29 heavy (non-hydrogen) atoms. The summed E-state index contributed by atoms with van der Waals surface area (Å²) in [5, 5.41) is 3.15. The van der Waals surface area contributed by atoms with Crippen LogP contribution in [0.15, 0.2) is 59.5 Å². The van der Waals surface area contributed by atoms with Gasteiger partial charge in [0, 0.05) is 44.3 Å². The summed E-state index contributed by atoms with van der Waals surface area (Å²) in [5.74, 6) is 0.453. The molecule has 1 aliphatic rings. The third-order valence-electron chi connectivity index (χ3n) is 4.88. The van der Waals surface area contributed by atoms with Crippen LogP contribution in [0.2, 0.25) is 0 Å². The standard InChI is InChI=1S/C21H21N5O3/c1-15-5-2-3-6-17(15)24-21-22-13-16(14-23-21)19(27)25-8-10-26(11-9-25)20(28)18-7-4-12-29-18/h2-7,12-14H,8-11H2,1H3,(H,22,23,24). The Bertz CT molecular complexity index is 993. The van der Waals surface area contributed by atoms with E-state index >= 15 is 0 Å². The molecule has 1 saturated heterocycles. The molecular formula is C21H21N5O3. The molecule has 148 valence electrons. The molecule has 0 atom stereocenters. The molecule has 0 spiro atoms. The monoisotopic (exact) mass is 391 g/mol. The zero-order chi connectivity index (χ0) is 20.2. The van der Waals surface area contributed by atoms with Crippen molar-refractivity contribution >= 4 is 23.5 Å². The van der Waals surface area contributed by atoms with Crippen molar-refractivity contribution in [2.45, 2.75) is 6.92 Å². The molecule has 0 saturated carbocycles. The highest BCUT2D eigenvalue weighted by molar-refractivity contribution is 5.94. The zero-order valence-electron chi connectivity index (χ0n) is 16.0. The fourth-order valence-corrected chi connectivity index (χ4v) is 3.19. The SMILES string of the molecule is Cc1ccccc1Nc1ncc(C(=O)N2CCN(C(=O)c3ccco3)CC2)cn1. The number of aromatic nitrogens is 2. The Balaban J connectivity index is 1.35.